The highest BCUT2D eigenvalue weighted by molar-refractivity contribution is 6.21. The molecule has 0 N–H and O–H groups in total. The van der Waals surface area contributed by atoms with Crippen LogP contribution in [0.4, 0.5) is 0 Å². The Morgan fingerprint density at radius 3 is 0.993 bits per heavy atom. The Hall–Kier alpha value is -20.6. The van der Waals surface area contributed by atoms with Crippen LogP contribution < -0.4 is 0 Å². The van der Waals surface area contributed by atoms with Gasteiger partial charge in [0.1, 0.15) is 27.9 Å². The molecule has 0 aliphatic rings. The van der Waals surface area contributed by atoms with Gasteiger partial charge >= 0.3 is 0 Å². The van der Waals surface area contributed by atoms with Gasteiger partial charge in [-0.15, -0.1) is 0 Å². The van der Waals surface area contributed by atoms with E-state index in [9.17, 15) is 0 Å². The summed E-state index contributed by atoms with van der Waals surface area (Å²) in [4.78, 5) is 59.3. The molecule has 698 valence electrons. The molecule has 0 aliphatic carbocycles. The molecule has 10 heterocycles. The molecule has 0 saturated heterocycles. The molecule has 0 unspecified atom stereocenters. The smallest absolute Gasteiger partial charge is 0.227 e. The van der Waals surface area contributed by atoms with Crippen LogP contribution >= 0.6 is 0 Å². The fourth-order valence-corrected chi connectivity index (χ4v) is 21.4. The fourth-order valence-electron chi connectivity index (χ4n) is 21.4. The van der Waals surface area contributed by atoms with Crippen molar-refractivity contribution in [3.8, 4) is 136 Å². The first-order valence-electron chi connectivity index (χ1n) is 49.8. The molecule has 31 aromatic rings. The Balaban J connectivity index is 0.000000106. The second kappa shape index (κ2) is 35.8. The third-order valence-electron chi connectivity index (χ3n) is 28.6. The van der Waals surface area contributed by atoms with Gasteiger partial charge < -0.3 is 17.7 Å². The molecule has 0 atom stereocenters. The fraction of sp³-hybridized carbons (Fsp3) is 0. The summed E-state index contributed by atoms with van der Waals surface area (Å²) < 4.78 is 25.2. The topological polar surface area (TPSA) is 207 Å². The van der Waals surface area contributed by atoms with Gasteiger partial charge in [0.15, 0.2) is 58.0 Å². The molecule has 150 heavy (non-hydrogen) atoms. The van der Waals surface area contributed by atoms with Crippen LogP contribution in [0.15, 0.2) is 491 Å². The molecule has 0 amide bonds. The van der Waals surface area contributed by atoms with Crippen LogP contribution in [0.2, 0.25) is 0 Å². The normalized spacial score (nSPS) is 11.7. The van der Waals surface area contributed by atoms with Crippen molar-refractivity contribution in [3.63, 3.8) is 0 Å². The lowest BCUT2D eigenvalue weighted by Crippen LogP contribution is -2.00. The van der Waals surface area contributed by atoms with E-state index in [-0.39, 0.29) is 0 Å². The maximum Gasteiger partial charge on any atom is 0.227 e. The molecule has 0 bridgehead atoms. The Morgan fingerprint density at radius 1 is 0.147 bits per heavy atom. The molecule has 0 saturated carbocycles. The van der Waals surface area contributed by atoms with E-state index in [4.69, 9.17) is 67.5 Å². The van der Waals surface area contributed by atoms with Crippen molar-refractivity contribution in [2.75, 3.05) is 0 Å². The largest absolute Gasteiger partial charge is 0.456 e. The first-order valence-corrected chi connectivity index (χ1v) is 49.8. The summed E-state index contributed by atoms with van der Waals surface area (Å²) in [5.74, 6) is 5.61. The summed E-state index contributed by atoms with van der Waals surface area (Å²) in [6, 6.07) is 156. The second-order valence-corrected chi connectivity index (χ2v) is 37.7. The Bertz CT molecular complexity index is 10500. The summed E-state index contributed by atoms with van der Waals surface area (Å²) in [6.07, 6.45) is 5.59. The van der Waals surface area contributed by atoms with Gasteiger partial charge in [-0.3, -0.25) is 4.98 Å². The summed E-state index contributed by atoms with van der Waals surface area (Å²) in [6.45, 7) is 0. The van der Waals surface area contributed by atoms with Gasteiger partial charge in [-0.1, -0.05) is 364 Å². The van der Waals surface area contributed by atoms with Crippen LogP contribution in [-0.2, 0) is 0 Å². The van der Waals surface area contributed by atoms with Crippen molar-refractivity contribution in [1.82, 2.24) is 59.8 Å². The Kier molecular flexibility index (Phi) is 20.5. The number of fused-ring (bicyclic) bond motifs is 20. The van der Waals surface area contributed by atoms with Gasteiger partial charge in [0.2, 0.25) is 11.4 Å². The standard InChI is InChI=1S/C46H26N4O2.2C44H26N4O/c1-2-10-27(11-3-1)43-48-44(50-45(49-43)36-17-9-19-39-41(36)35-15-6-7-18-38(35)51-39)31-20-21-32-30(24-31)14-8-16-33(32)34-22-23-47-46-42(34)37-25-28-12-4-5-13-29(28)26-40(37)52-46;1-2-11-28(12-3-1)41-46-42(32-21-20-27-10-4-5-13-29(27)24-32)48-43(47-41)33-22-23-34-30(25-33)15-8-16-35(34)36-17-9-19-39-40(36)37-26-31-14-6-7-18-38(31)45-44(37)49-39;1-2-10-28(11-3-1)42-46-43(33-18-17-27-9-4-5-12-29(27)21-33)48-44(47-42)34-19-20-35-32(22-34)15-8-16-36(35)38-25-45-26-40-41(38)37-23-30-13-6-7-14-31(30)24-39(37)49-40/h1-26H;2*1-26H. The zero-order valence-electron chi connectivity index (χ0n) is 80.0. The lowest BCUT2D eigenvalue weighted by molar-refractivity contribution is 0.654. The maximum atomic E-state index is 6.35. The molecule has 0 spiro atoms. The van der Waals surface area contributed by atoms with E-state index >= 15 is 0 Å². The highest BCUT2D eigenvalue weighted by Crippen LogP contribution is 2.48. The van der Waals surface area contributed by atoms with Crippen molar-refractivity contribution in [3.05, 3.63) is 474 Å². The van der Waals surface area contributed by atoms with E-state index in [1.807, 2.05) is 170 Å². The number of nitrogens with zero attached hydrogens (tertiary/aromatic N) is 12. The van der Waals surface area contributed by atoms with Crippen LogP contribution in [-0.4, -0.2) is 59.8 Å². The zero-order valence-corrected chi connectivity index (χ0v) is 80.0. The summed E-state index contributed by atoms with van der Waals surface area (Å²) in [5.41, 5.74) is 22.0. The van der Waals surface area contributed by atoms with Crippen LogP contribution in [0.5, 0.6) is 0 Å². The van der Waals surface area contributed by atoms with Crippen LogP contribution in [0.1, 0.15) is 0 Å². The molecular formula is C134H78N12O4. The molecule has 16 heteroatoms. The average molecular weight is 1920 g/mol. The minimum absolute atomic E-state index is 0.591. The summed E-state index contributed by atoms with van der Waals surface area (Å²) in [5, 5.41) is 25.3. The predicted molar refractivity (Wildman–Crippen MR) is 607 cm³/mol. The van der Waals surface area contributed by atoms with E-state index in [2.05, 4.69) is 313 Å². The van der Waals surface area contributed by atoms with E-state index in [1.54, 1.807) is 0 Å². The quantitative estimate of drug-likeness (QED) is 0.111. The molecule has 16 nitrogen and oxygen atoms in total. The van der Waals surface area contributed by atoms with Crippen LogP contribution in [0, 0.1) is 0 Å². The van der Waals surface area contributed by atoms with E-state index in [1.165, 1.54) is 21.5 Å². The van der Waals surface area contributed by atoms with Crippen LogP contribution in [0.3, 0.4) is 0 Å². The number of hydrogen-bond acceptors (Lipinski definition) is 16. The van der Waals surface area contributed by atoms with Gasteiger partial charge in [0.05, 0.1) is 17.1 Å². The first-order chi connectivity index (χ1) is 74.2. The monoisotopic (exact) mass is 1920 g/mol. The van der Waals surface area contributed by atoms with Crippen molar-refractivity contribution >= 4 is 174 Å². The molecule has 0 fully saturated rings. The molecule has 31 rings (SSSR count). The number of hydrogen-bond donors (Lipinski definition) is 0. The first kappa shape index (κ1) is 86.1. The summed E-state index contributed by atoms with van der Waals surface area (Å²) >= 11 is 0. The van der Waals surface area contributed by atoms with Crippen molar-refractivity contribution < 1.29 is 17.7 Å². The molecule has 0 aliphatic heterocycles. The molecule has 0 radical (unpaired) electrons. The van der Waals surface area contributed by atoms with Gasteiger partial charge in [-0.2, -0.15) is 0 Å². The third-order valence-corrected chi connectivity index (χ3v) is 28.6. The van der Waals surface area contributed by atoms with Gasteiger partial charge in [-0.05, 0) is 194 Å². The van der Waals surface area contributed by atoms with Crippen molar-refractivity contribution in [2.24, 2.45) is 0 Å². The minimum atomic E-state index is 0.591. The van der Waals surface area contributed by atoms with Crippen LogP contribution in [0.25, 0.3) is 310 Å². The highest BCUT2D eigenvalue weighted by Gasteiger charge is 2.26. The number of aromatic nitrogens is 12. The molecule has 21 aromatic carbocycles. The van der Waals surface area contributed by atoms with E-state index < -0.39 is 0 Å². The molecule has 10 aromatic heterocycles. The van der Waals surface area contributed by atoms with Crippen molar-refractivity contribution in [2.45, 2.75) is 0 Å². The number of benzene rings is 21. The lowest BCUT2D eigenvalue weighted by atomic mass is 9.94. The molecular weight excluding hydrogens is 1840 g/mol. The third kappa shape index (κ3) is 15.3. The predicted octanol–water partition coefficient (Wildman–Crippen LogP) is 34.6. The Labute approximate surface area is 855 Å². The van der Waals surface area contributed by atoms with Gasteiger partial charge in [0.25, 0.3) is 0 Å². The lowest BCUT2D eigenvalue weighted by Gasteiger charge is -2.12. The Morgan fingerprint density at radius 2 is 0.480 bits per heavy atom. The van der Waals surface area contributed by atoms with E-state index in [0.29, 0.717) is 63.8 Å². The number of rotatable bonds is 12. The summed E-state index contributed by atoms with van der Waals surface area (Å²) in [7, 11) is 0. The number of furan rings is 4. The zero-order chi connectivity index (χ0) is 98.8. The van der Waals surface area contributed by atoms with Gasteiger partial charge in [-0.25, -0.2) is 54.8 Å². The van der Waals surface area contributed by atoms with Gasteiger partial charge in [0, 0.05) is 111 Å². The second-order valence-electron chi connectivity index (χ2n) is 37.7. The SMILES string of the molecule is c1ccc(-c2nc(-c3ccc4c(-c5ccnc6oc7cc8ccccc8cc7c56)cccc4c3)nc(-c3cccc4oc5ccccc5c34)n2)cc1.c1ccc(-c2nc(-c3ccc4ccccc4c3)nc(-c3ccc4c(-c5cccc6oc7nc8ccccc8cc7c56)cccc4c3)n2)cc1.c1ccc(-c2nc(-c3ccc4ccccc4c3)nc(-c3ccc4c(-c5cncc6oc7cc8ccccc8cc7c56)cccc4c3)n2)cc1. The minimum Gasteiger partial charge on any atom is -0.456 e. The van der Waals surface area contributed by atoms with E-state index in [0.717, 1.165) is 225 Å². The maximum absolute atomic E-state index is 6.35. The highest BCUT2D eigenvalue weighted by atomic mass is 16.3. The van der Waals surface area contributed by atoms with Crippen molar-refractivity contribution in [1.29, 1.82) is 0 Å². The number of para-hydroxylation sites is 2. The number of pyridine rings is 3. The average Bonchev–Trinajstić information content (AvgIpc) is 1.55.